The average Bonchev–Trinajstić information content (AvgIpc) is 2.84. The number of azo groups is 1. The van der Waals surface area contributed by atoms with Gasteiger partial charge < -0.3 is 10.2 Å². The molecule has 0 fully saturated rings. The van der Waals surface area contributed by atoms with Crippen molar-refractivity contribution in [1.82, 2.24) is 4.57 Å². The molecule has 132 valence electrons. The molecule has 1 heterocycles. The van der Waals surface area contributed by atoms with Gasteiger partial charge in [-0.2, -0.15) is 0 Å². The van der Waals surface area contributed by atoms with Gasteiger partial charge in [0.25, 0.3) is 11.8 Å². The third kappa shape index (κ3) is 2.95. The zero-order valence-electron chi connectivity index (χ0n) is 14.5. The number of hydrogen-bond acceptors (Lipinski definition) is 4. The summed E-state index contributed by atoms with van der Waals surface area (Å²) >= 11 is 0. The summed E-state index contributed by atoms with van der Waals surface area (Å²) in [6.07, 6.45) is 0. The Kier molecular flexibility index (Phi) is 4.29. The first-order valence-electron chi connectivity index (χ1n) is 7.90. The predicted molar refractivity (Wildman–Crippen MR) is 95.9 cm³/mol. The van der Waals surface area contributed by atoms with Gasteiger partial charge >= 0.3 is 0 Å². The summed E-state index contributed by atoms with van der Waals surface area (Å²) in [7, 11) is 0. The number of amides is 2. The van der Waals surface area contributed by atoms with Crippen molar-refractivity contribution in [3.8, 4) is 17.4 Å². The van der Waals surface area contributed by atoms with E-state index in [-0.39, 0.29) is 17.3 Å². The van der Waals surface area contributed by atoms with E-state index in [4.69, 9.17) is 0 Å². The van der Waals surface area contributed by atoms with E-state index < -0.39 is 11.8 Å². The zero-order valence-corrected chi connectivity index (χ0v) is 14.5. The average molecular weight is 351 g/mol. The van der Waals surface area contributed by atoms with Gasteiger partial charge in [-0.05, 0) is 43.7 Å². The topological polar surface area (TPSA) is 104 Å². The number of hydrogen-bond donors (Lipinski definition) is 2. The molecule has 0 atom stereocenters. The molecule has 0 radical (unpaired) electrons. The lowest BCUT2D eigenvalue weighted by molar-refractivity contribution is -0.116. The van der Waals surface area contributed by atoms with Crippen molar-refractivity contribution in [3.63, 3.8) is 0 Å². The fraction of sp³-hybridized carbons (Fsp3) is 0.158. The number of aromatic nitrogens is 1. The van der Waals surface area contributed by atoms with E-state index in [1.165, 1.54) is 29.7 Å². The highest BCUT2D eigenvalue weighted by molar-refractivity contribution is 6.02. The summed E-state index contributed by atoms with van der Waals surface area (Å²) in [5.41, 5.74) is 2.72. The summed E-state index contributed by atoms with van der Waals surface area (Å²) in [4.78, 5) is 22.8. The van der Waals surface area contributed by atoms with Gasteiger partial charge in [-0.3, -0.25) is 14.2 Å². The standard InChI is InChI=1S/C19H17N3O4/c1-10-4-7-16(11(2)8-10)22-18(25)14-6-5-13(9-15(14)19(22)26)17(24)21-20-12(3)23/h4-9,25-26H,1-3H3. The maximum absolute atomic E-state index is 12.0. The molecule has 0 saturated carbocycles. The number of rotatable bonds is 2. The van der Waals surface area contributed by atoms with Crippen LogP contribution < -0.4 is 0 Å². The molecule has 3 rings (SSSR count). The van der Waals surface area contributed by atoms with Crippen LogP contribution in [-0.4, -0.2) is 26.6 Å². The van der Waals surface area contributed by atoms with Crippen LogP contribution in [-0.2, 0) is 4.79 Å². The highest BCUT2D eigenvalue weighted by Gasteiger charge is 2.20. The van der Waals surface area contributed by atoms with E-state index in [2.05, 4.69) is 10.2 Å². The second kappa shape index (κ2) is 6.44. The molecule has 0 unspecified atom stereocenters. The Hall–Kier alpha value is -3.48. The molecule has 7 nitrogen and oxygen atoms in total. The van der Waals surface area contributed by atoms with E-state index in [9.17, 15) is 19.8 Å². The third-order valence-electron chi connectivity index (χ3n) is 4.05. The van der Waals surface area contributed by atoms with Gasteiger partial charge in [0.1, 0.15) is 0 Å². The van der Waals surface area contributed by atoms with Crippen molar-refractivity contribution in [2.45, 2.75) is 20.8 Å². The van der Waals surface area contributed by atoms with Crippen molar-refractivity contribution in [2.24, 2.45) is 10.2 Å². The summed E-state index contributed by atoms with van der Waals surface area (Å²) in [5, 5.41) is 28.4. The van der Waals surface area contributed by atoms with Gasteiger partial charge in [0, 0.05) is 23.3 Å². The van der Waals surface area contributed by atoms with Crippen molar-refractivity contribution in [2.75, 3.05) is 0 Å². The van der Waals surface area contributed by atoms with Crippen LogP contribution in [0.2, 0.25) is 0 Å². The third-order valence-corrected chi connectivity index (χ3v) is 4.05. The Morgan fingerprint density at radius 3 is 2.27 bits per heavy atom. The van der Waals surface area contributed by atoms with Gasteiger partial charge in [-0.1, -0.05) is 17.7 Å². The fourth-order valence-electron chi connectivity index (χ4n) is 2.86. The van der Waals surface area contributed by atoms with Crippen LogP contribution in [0.25, 0.3) is 16.5 Å². The molecule has 0 aliphatic rings. The summed E-state index contributed by atoms with van der Waals surface area (Å²) in [6.45, 7) is 5.02. The monoisotopic (exact) mass is 351 g/mol. The first-order valence-corrected chi connectivity index (χ1v) is 7.90. The molecular weight excluding hydrogens is 334 g/mol. The fourth-order valence-corrected chi connectivity index (χ4v) is 2.86. The number of benzene rings is 2. The van der Waals surface area contributed by atoms with E-state index in [0.29, 0.717) is 16.5 Å². The smallest absolute Gasteiger partial charge is 0.295 e. The molecule has 0 bridgehead atoms. The van der Waals surface area contributed by atoms with Crippen LogP contribution in [0.1, 0.15) is 28.4 Å². The van der Waals surface area contributed by atoms with Gasteiger partial charge in [-0.15, -0.1) is 10.2 Å². The minimum Gasteiger partial charge on any atom is -0.494 e. The van der Waals surface area contributed by atoms with Crippen LogP contribution in [0, 0.1) is 13.8 Å². The molecule has 2 amide bonds. The molecule has 0 aliphatic carbocycles. The molecule has 1 aromatic heterocycles. The van der Waals surface area contributed by atoms with Crippen LogP contribution in [0.4, 0.5) is 0 Å². The first-order chi connectivity index (χ1) is 12.3. The number of carbonyl (C=O) groups excluding carboxylic acids is 2. The number of aryl methyl sites for hydroxylation is 2. The second-order valence-electron chi connectivity index (χ2n) is 6.06. The predicted octanol–water partition coefficient (Wildman–Crippen LogP) is 3.80. The van der Waals surface area contributed by atoms with Crippen LogP contribution in [0.3, 0.4) is 0 Å². The second-order valence-corrected chi connectivity index (χ2v) is 6.06. The Bertz CT molecular complexity index is 1080. The molecular formula is C19H17N3O4. The minimum atomic E-state index is -0.708. The van der Waals surface area contributed by atoms with E-state index >= 15 is 0 Å². The van der Waals surface area contributed by atoms with Crippen molar-refractivity contribution >= 4 is 22.6 Å². The van der Waals surface area contributed by atoms with E-state index in [1.54, 1.807) is 6.07 Å². The number of nitrogens with zero attached hydrogens (tertiary/aromatic N) is 3. The van der Waals surface area contributed by atoms with Gasteiger partial charge in [0.2, 0.25) is 11.8 Å². The highest BCUT2D eigenvalue weighted by atomic mass is 16.3. The number of aromatic hydroxyl groups is 2. The highest BCUT2D eigenvalue weighted by Crippen LogP contribution is 2.40. The minimum absolute atomic E-state index is 0.131. The molecule has 0 saturated heterocycles. The summed E-state index contributed by atoms with van der Waals surface area (Å²) < 4.78 is 1.32. The van der Waals surface area contributed by atoms with Crippen LogP contribution in [0.15, 0.2) is 46.6 Å². The van der Waals surface area contributed by atoms with Crippen LogP contribution in [0.5, 0.6) is 11.8 Å². The quantitative estimate of drug-likeness (QED) is 0.685. The normalized spacial score (nSPS) is 11.3. The number of carbonyl (C=O) groups is 2. The SMILES string of the molecule is CC(=O)N=NC(=O)c1ccc2c(O)n(-c3ccc(C)cc3C)c(O)c2c1. The van der Waals surface area contributed by atoms with E-state index in [0.717, 1.165) is 11.1 Å². The molecule has 2 N–H and O–H groups in total. The summed E-state index contributed by atoms with van der Waals surface area (Å²) in [6, 6.07) is 10.00. The lowest BCUT2D eigenvalue weighted by Crippen LogP contribution is -1.96. The Labute approximate surface area is 149 Å². The number of fused-ring (bicyclic) bond motifs is 1. The molecule has 3 aromatic rings. The van der Waals surface area contributed by atoms with E-state index in [1.807, 2.05) is 26.0 Å². The lowest BCUT2D eigenvalue weighted by Gasteiger charge is -2.10. The van der Waals surface area contributed by atoms with Gasteiger partial charge in [0.05, 0.1) is 5.69 Å². The maximum Gasteiger partial charge on any atom is 0.295 e. The zero-order chi connectivity index (χ0) is 19.0. The molecule has 0 spiro atoms. The Morgan fingerprint density at radius 2 is 1.62 bits per heavy atom. The summed E-state index contributed by atoms with van der Waals surface area (Å²) in [5.74, 6) is -1.61. The molecule has 26 heavy (non-hydrogen) atoms. The molecule has 7 heteroatoms. The van der Waals surface area contributed by atoms with Gasteiger partial charge in [-0.25, -0.2) is 0 Å². The lowest BCUT2D eigenvalue weighted by atomic mass is 10.1. The molecule has 0 aliphatic heterocycles. The molecule has 2 aromatic carbocycles. The Balaban J connectivity index is 2.16. The van der Waals surface area contributed by atoms with Crippen LogP contribution >= 0.6 is 0 Å². The maximum atomic E-state index is 12.0. The first kappa shape index (κ1) is 17.3. The largest absolute Gasteiger partial charge is 0.494 e. The van der Waals surface area contributed by atoms with Gasteiger partial charge in [0.15, 0.2) is 0 Å². The van der Waals surface area contributed by atoms with Crippen molar-refractivity contribution in [1.29, 1.82) is 0 Å². The Morgan fingerprint density at radius 1 is 0.923 bits per heavy atom. The van der Waals surface area contributed by atoms with Crippen molar-refractivity contribution in [3.05, 3.63) is 53.1 Å². The van der Waals surface area contributed by atoms with Crippen molar-refractivity contribution < 1.29 is 19.8 Å².